The van der Waals surface area contributed by atoms with E-state index in [1.165, 1.54) is 18.6 Å². The summed E-state index contributed by atoms with van der Waals surface area (Å²) in [5, 5.41) is 10.6. The number of sulfonamides is 1. The van der Waals surface area contributed by atoms with E-state index in [0.29, 0.717) is 11.4 Å². The molecule has 0 aromatic carbocycles. The van der Waals surface area contributed by atoms with E-state index >= 15 is 0 Å². The molecular weight excluding hydrogens is 302 g/mol. The molecule has 0 aliphatic rings. The smallest absolute Gasteiger partial charge is 0.347 e. The molecule has 0 amide bonds. The van der Waals surface area contributed by atoms with E-state index < -0.39 is 16.0 Å². The van der Waals surface area contributed by atoms with Crippen LogP contribution in [0.5, 0.6) is 0 Å². The Kier molecular flexibility index (Phi) is 3.93. The van der Waals surface area contributed by atoms with Gasteiger partial charge in [-0.2, -0.15) is 4.31 Å². The molecular formula is C11H13N3O4S2. The monoisotopic (exact) mass is 315 g/mol. The third-order valence-electron chi connectivity index (χ3n) is 2.71. The number of H-pyrrole nitrogens is 1. The zero-order valence-corrected chi connectivity index (χ0v) is 12.5. The molecule has 0 saturated heterocycles. The molecule has 20 heavy (non-hydrogen) atoms. The summed E-state index contributed by atoms with van der Waals surface area (Å²) in [6.07, 6.45) is 3.11. The number of aromatic nitrogens is 2. The number of aromatic amines is 1. The molecule has 0 aliphatic heterocycles. The van der Waals surface area contributed by atoms with Gasteiger partial charge in [0, 0.05) is 19.4 Å². The molecule has 0 spiro atoms. The number of rotatable bonds is 5. The summed E-state index contributed by atoms with van der Waals surface area (Å²) >= 11 is 0.908. The molecule has 2 rings (SSSR count). The van der Waals surface area contributed by atoms with Gasteiger partial charge in [-0.1, -0.05) is 0 Å². The van der Waals surface area contributed by atoms with Crippen molar-refractivity contribution in [3.05, 3.63) is 34.0 Å². The molecule has 0 atom stereocenters. The van der Waals surface area contributed by atoms with E-state index in [0.717, 1.165) is 15.6 Å². The Morgan fingerprint density at radius 1 is 1.55 bits per heavy atom. The minimum atomic E-state index is -3.88. The van der Waals surface area contributed by atoms with Crippen LogP contribution in [0.1, 0.15) is 21.1 Å². The molecule has 0 fully saturated rings. The van der Waals surface area contributed by atoms with Gasteiger partial charge in [-0.25, -0.2) is 18.2 Å². The molecule has 2 N–H and O–H groups in total. The second kappa shape index (κ2) is 5.35. The van der Waals surface area contributed by atoms with Gasteiger partial charge in [0.1, 0.15) is 15.6 Å². The van der Waals surface area contributed by atoms with Crippen LogP contribution in [0, 0.1) is 6.92 Å². The number of carboxylic acid groups (broad SMARTS) is 1. The highest BCUT2D eigenvalue weighted by atomic mass is 32.2. The van der Waals surface area contributed by atoms with Crippen LogP contribution in [-0.2, 0) is 16.6 Å². The number of carbonyl (C=O) groups is 1. The quantitative estimate of drug-likeness (QED) is 0.865. The number of carboxylic acids is 1. The van der Waals surface area contributed by atoms with Crippen LogP contribution in [0.15, 0.2) is 22.7 Å². The molecule has 9 heteroatoms. The summed E-state index contributed by atoms with van der Waals surface area (Å²) in [5.74, 6) is -0.756. The molecule has 2 heterocycles. The lowest BCUT2D eigenvalue weighted by Crippen LogP contribution is -2.28. The predicted octanol–water partition coefficient (Wildman–Crippen LogP) is 1.30. The Labute approximate surface area is 119 Å². The maximum absolute atomic E-state index is 12.5. The van der Waals surface area contributed by atoms with E-state index in [4.69, 9.17) is 5.11 Å². The summed E-state index contributed by atoms with van der Waals surface area (Å²) < 4.78 is 26.1. The third-order valence-corrected chi connectivity index (χ3v) is 5.91. The first kappa shape index (κ1) is 14.7. The van der Waals surface area contributed by atoms with Gasteiger partial charge in [0.05, 0.1) is 6.54 Å². The molecule has 0 aliphatic carbocycles. The van der Waals surface area contributed by atoms with Crippen LogP contribution in [-0.4, -0.2) is 40.8 Å². The number of nitrogens with zero attached hydrogens (tertiary/aromatic N) is 2. The van der Waals surface area contributed by atoms with Crippen LogP contribution < -0.4 is 0 Å². The molecule has 0 radical (unpaired) electrons. The van der Waals surface area contributed by atoms with Crippen molar-refractivity contribution in [3.8, 4) is 0 Å². The molecule has 2 aromatic rings. The lowest BCUT2D eigenvalue weighted by molar-refractivity contribution is 0.0698. The summed E-state index contributed by atoms with van der Waals surface area (Å²) in [4.78, 5) is 17.6. The highest BCUT2D eigenvalue weighted by Crippen LogP contribution is 2.29. The normalized spacial score (nSPS) is 11.9. The second-order valence-corrected chi connectivity index (χ2v) is 7.04. The number of hydrogen-bond acceptors (Lipinski definition) is 5. The van der Waals surface area contributed by atoms with Crippen LogP contribution in [0.2, 0.25) is 0 Å². The highest BCUT2D eigenvalue weighted by Gasteiger charge is 2.30. The van der Waals surface area contributed by atoms with E-state index in [1.807, 2.05) is 0 Å². The van der Waals surface area contributed by atoms with Crippen molar-refractivity contribution in [2.24, 2.45) is 0 Å². The Hall–Kier alpha value is -1.71. The van der Waals surface area contributed by atoms with Crippen molar-refractivity contribution in [1.29, 1.82) is 0 Å². The summed E-state index contributed by atoms with van der Waals surface area (Å²) in [5.41, 5.74) is 0.429. The first-order valence-electron chi connectivity index (χ1n) is 5.60. The van der Waals surface area contributed by atoms with Crippen LogP contribution in [0.3, 0.4) is 0 Å². The SMILES string of the molecule is Cc1csc(C(=O)O)c1S(=O)(=O)N(C)Cc1ncc[nH]1. The van der Waals surface area contributed by atoms with Gasteiger partial charge in [-0.15, -0.1) is 11.3 Å². The number of aryl methyl sites for hydroxylation is 1. The molecule has 7 nitrogen and oxygen atoms in total. The largest absolute Gasteiger partial charge is 0.477 e. The zero-order chi connectivity index (χ0) is 14.9. The Balaban J connectivity index is 2.40. The second-order valence-electron chi connectivity index (χ2n) is 4.18. The third kappa shape index (κ3) is 2.60. The molecule has 0 saturated carbocycles. The van der Waals surface area contributed by atoms with Crippen molar-refractivity contribution < 1.29 is 18.3 Å². The Bertz CT molecular complexity index is 719. The standard InChI is InChI=1S/C11H13N3O4S2/c1-7-6-19-9(11(15)16)10(7)20(17,18)14(2)5-8-12-3-4-13-8/h3-4,6H,5H2,1-2H3,(H,12,13)(H,15,16). The fourth-order valence-corrected chi connectivity index (χ4v) is 4.45. The average Bonchev–Trinajstić information content (AvgIpc) is 2.98. The van der Waals surface area contributed by atoms with Gasteiger partial charge < -0.3 is 10.1 Å². The van der Waals surface area contributed by atoms with Gasteiger partial charge in [0.15, 0.2) is 0 Å². The summed E-state index contributed by atoms with van der Waals surface area (Å²) in [7, 11) is -2.49. The Morgan fingerprint density at radius 2 is 2.25 bits per heavy atom. The Morgan fingerprint density at radius 3 is 2.80 bits per heavy atom. The lowest BCUT2D eigenvalue weighted by atomic mass is 10.3. The minimum Gasteiger partial charge on any atom is -0.477 e. The van der Waals surface area contributed by atoms with E-state index in [9.17, 15) is 13.2 Å². The van der Waals surface area contributed by atoms with E-state index in [1.54, 1.807) is 13.1 Å². The number of aromatic carboxylic acids is 1. The van der Waals surface area contributed by atoms with Crippen molar-refractivity contribution in [1.82, 2.24) is 14.3 Å². The number of imidazole rings is 1. The summed E-state index contributed by atoms with van der Waals surface area (Å²) in [6.45, 7) is 1.63. The maximum atomic E-state index is 12.5. The van der Waals surface area contributed by atoms with Crippen molar-refractivity contribution >= 4 is 27.3 Å². The first-order chi connectivity index (χ1) is 9.34. The molecule has 0 bridgehead atoms. The zero-order valence-electron chi connectivity index (χ0n) is 10.8. The number of nitrogens with one attached hydrogen (secondary N) is 1. The van der Waals surface area contributed by atoms with Crippen molar-refractivity contribution in [2.45, 2.75) is 18.4 Å². The molecule has 0 unspecified atom stereocenters. The van der Waals surface area contributed by atoms with E-state index in [-0.39, 0.29) is 16.3 Å². The molecule has 2 aromatic heterocycles. The average molecular weight is 315 g/mol. The minimum absolute atomic E-state index is 0.0453. The predicted molar refractivity (Wildman–Crippen MR) is 73.3 cm³/mol. The van der Waals surface area contributed by atoms with Gasteiger partial charge in [0.2, 0.25) is 10.0 Å². The van der Waals surface area contributed by atoms with Crippen LogP contribution in [0.25, 0.3) is 0 Å². The fourth-order valence-electron chi connectivity index (χ4n) is 1.74. The molecule has 108 valence electrons. The number of hydrogen-bond donors (Lipinski definition) is 2. The summed E-state index contributed by atoms with van der Waals surface area (Å²) in [6, 6.07) is 0. The van der Waals surface area contributed by atoms with Crippen LogP contribution in [0.4, 0.5) is 0 Å². The highest BCUT2D eigenvalue weighted by molar-refractivity contribution is 7.89. The van der Waals surface area contributed by atoms with Crippen molar-refractivity contribution in [3.63, 3.8) is 0 Å². The van der Waals surface area contributed by atoms with Gasteiger partial charge in [-0.3, -0.25) is 0 Å². The maximum Gasteiger partial charge on any atom is 0.347 e. The topological polar surface area (TPSA) is 103 Å². The van der Waals surface area contributed by atoms with Crippen molar-refractivity contribution in [2.75, 3.05) is 7.05 Å². The fraction of sp³-hybridized carbons (Fsp3) is 0.273. The van der Waals surface area contributed by atoms with E-state index in [2.05, 4.69) is 9.97 Å². The first-order valence-corrected chi connectivity index (χ1v) is 7.92. The van der Waals surface area contributed by atoms with Gasteiger partial charge in [0.25, 0.3) is 0 Å². The lowest BCUT2D eigenvalue weighted by Gasteiger charge is -2.16. The van der Waals surface area contributed by atoms with Crippen LogP contribution >= 0.6 is 11.3 Å². The van der Waals surface area contributed by atoms with Gasteiger partial charge >= 0.3 is 5.97 Å². The van der Waals surface area contributed by atoms with Gasteiger partial charge in [-0.05, 0) is 17.9 Å². The number of thiophene rings is 1.